The third-order valence-corrected chi connectivity index (χ3v) is 7.20. The molecule has 4 aromatic rings. The first-order chi connectivity index (χ1) is 18.3. The van der Waals surface area contributed by atoms with Crippen molar-refractivity contribution < 1.29 is 9.47 Å². The number of nitrogens with zero attached hydrogens (tertiary/aromatic N) is 3. The number of hydrogen-bond acceptors (Lipinski definition) is 6. The van der Waals surface area contributed by atoms with Gasteiger partial charge in [0.05, 0.1) is 17.4 Å². The highest BCUT2D eigenvalue weighted by Crippen LogP contribution is 2.37. The Hall–Kier alpha value is -3.74. The summed E-state index contributed by atoms with van der Waals surface area (Å²) in [6.07, 6.45) is 7.17. The lowest BCUT2D eigenvalue weighted by molar-refractivity contribution is 0.156. The molecule has 6 nitrogen and oxygen atoms in total. The molecule has 1 aliphatic carbocycles. The van der Waals surface area contributed by atoms with E-state index in [4.69, 9.17) is 14.5 Å². The summed E-state index contributed by atoms with van der Waals surface area (Å²) in [5, 5.41) is 3.49. The van der Waals surface area contributed by atoms with Crippen LogP contribution in [0.2, 0.25) is 0 Å². The second-order valence-corrected chi connectivity index (χ2v) is 9.79. The van der Waals surface area contributed by atoms with Crippen molar-refractivity contribution >= 4 is 0 Å². The molecule has 0 spiro atoms. The lowest BCUT2D eigenvalue weighted by atomic mass is 9.90. The van der Waals surface area contributed by atoms with Gasteiger partial charge in [-0.2, -0.15) is 0 Å². The summed E-state index contributed by atoms with van der Waals surface area (Å²) < 4.78 is 11.2. The van der Waals surface area contributed by atoms with Crippen LogP contribution in [0.4, 0.5) is 0 Å². The van der Waals surface area contributed by atoms with Gasteiger partial charge < -0.3 is 14.8 Å². The van der Waals surface area contributed by atoms with Gasteiger partial charge in [-0.05, 0) is 71.8 Å². The van der Waals surface area contributed by atoms with E-state index in [0.717, 1.165) is 56.2 Å². The molecule has 1 aliphatic heterocycles. The highest BCUT2D eigenvalue weighted by atomic mass is 16.7. The largest absolute Gasteiger partial charge is 0.454 e. The van der Waals surface area contributed by atoms with Crippen LogP contribution in [0.25, 0.3) is 0 Å². The van der Waals surface area contributed by atoms with Crippen LogP contribution in [0, 0.1) is 0 Å². The minimum absolute atomic E-state index is 0.287. The second-order valence-electron chi connectivity index (χ2n) is 9.79. The molecule has 2 aromatic carbocycles. The molecule has 188 valence electrons. The van der Waals surface area contributed by atoms with Crippen molar-refractivity contribution in [2.75, 3.05) is 6.79 Å². The van der Waals surface area contributed by atoms with Crippen molar-refractivity contribution in [3.63, 3.8) is 0 Å². The van der Waals surface area contributed by atoms with Crippen molar-refractivity contribution in [2.24, 2.45) is 0 Å². The third-order valence-electron chi connectivity index (χ3n) is 7.20. The first kappa shape index (κ1) is 23.6. The summed E-state index contributed by atoms with van der Waals surface area (Å²) in [5.41, 5.74) is 7.46. The number of hydrogen-bond donors (Lipinski definition) is 1. The van der Waals surface area contributed by atoms with Gasteiger partial charge in [0.1, 0.15) is 0 Å². The van der Waals surface area contributed by atoms with Crippen LogP contribution in [0.3, 0.4) is 0 Å². The van der Waals surface area contributed by atoms with Gasteiger partial charge in [0.15, 0.2) is 11.5 Å². The molecular formula is C31H32N4O2. The van der Waals surface area contributed by atoms with E-state index < -0.39 is 0 Å². The zero-order chi connectivity index (χ0) is 24.9. The van der Waals surface area contributed by atoms with Crippen molar-refractivity contribution in [3.05, 3.63) is 119 Å². The predicted molar refractivity (Wildman–Crippen MR) is 143 cm³/mol. The van der Waals surface area contributed by atoms with E-state index in [1.807, 2.05) is 36.7 Å². The summed E-state index contributed by atoms with van der Waals surface area (Å²) in [4.78, 5) is 11.8. The molecule has 6 rings (SSSR count). The molecular weight excluding hydrogens is 460 g/mol. The van der Waals surface area contributed by atoms with E-state index in [1.165, 1.54) is 34.4 Å². The molecule has 1 atom stereocenters. The average molecular weight is 493 g/mol. The van der Waals surface area contributed by atoms with Crippen molar-refractivity contribution in [1.29, 1.82) is 0 Å². The topological polar surface area (TPSA) is 59.5 Å². The quantitative estimate of drug-likeness (QED) is 0.329. The Balaban J connectivity index is 1.18. The van der Waals surface area contributed by atoms with Gasteiger partial charge in [-0.25, -0.2) is 0 Å². The van der Waals surface area contributed by atoms with E-state index in [1.54, 1.807) is 0 Å². The van der Waals surface area contributed by atoms with E-state index in [0.29, 0.717) is 6.79 Å². The molecule has 0 bridgehead atoms. The molecule has 2 aliphatic rings. The zero-order valence-corrected chi connectivity index (χ0v) is 21.0. The molecule has 0 radical (unpaired) electrons. The maximum atomic E-state index is 5.65. The van der Waals surface area contributed by atoms with Crippen LogP contribution in [0.15, 0.2) is 85.2 Å². The van der Waals surface area contributed by atoms with Gasteiger partial charge in [0, 0.05) is 38.6 Å². The van der Waals surface area contributed by atoms with Gasteiger partial charge in [0.2, 0.25) is 6.79 Å². The molecule has 3 heterocycles. The van der Waals surface area contributed by atoms with Crippen LogP contribution in [0.1, 0.15) is 52.5 Å². The highest BCUT2D eigenvalue weighted by Gasteiger charge is 2.28. The third kappa shape index (κ3) is 5.66. The van der Waals surface area contributed by atoms with Gasteiger partial charge in [-0.3, -0.25) is 14.9 Å². The van der Waals surface area contributed by atoms with Crippen LogP contribution < -0.4 is 14.8 Å². The van der Waals surface area contributed by atoms with E-state index in [2.05, 4.69) is 63.7 Å². The van der Waals surface area contributed by atoms with E-state index in [-0.39, 0.29) is 6.04 Å². The Labute approximate surface area is 218 Å². The van der Waals surface area contributed by atoms with Crippen molar-refractivity contribution in [2.45, 2.75) is 51.5 Å². The monoisotopic (exact) mass is 492 g/mol. The minimum Gasteiger partial charge on any atom is -0.454 e. The molecule has 1 unspecified atom stereocenters. The van der Waals surface area contributed by atoms with Gasteiger partial charge in [0.25, 0.3) is 0 Å². The van der Waals surface area contributed by atoms with Crippen LogP contribution in [-0.4, -0.2) is 21.7 Å². The molecule has 37 heavy (non-hydrogen) atoms. The summed E-state index contributed by atoms with van der Waals surface area (Å²) in [6, 6.07) is 25.9. The van der Waals surface area contributed by atoms with Gasteiger partial charge in [-0.1, -0.05) is 42.5 Å². The normalized spacial score (nSPS) is 16.1. The SMILES string of the molecule is c1ccc(CNCc2ccc(CN(Cc3ccc4c(c3)OCO4)C3CCCc4cccnc43)cc2)nc1. The fourth-order valence-corrected chi connectivity index (χ4v) is 5.33. The minimum atomic E-state index is 0.287. The standard InChI is InChI=1S/C31H32N4O2/c1-2-15-33-27(7-1)19-32-18-23-9-11-24(12-10-23)20-35(21-25-13-14-29-30(17-25)37-22-36-29)28-8-3-5-26-6-4-16-34-31(26)28/h1-2,4,6-7,9-17,28,32H,3,5,8,18-22H2. The Bertz CT molecular complexity index is 1330. The molecule has 6 heteroatoms. The van der Waals surface area contributed by atoms with E-state index in [9.17, 15) is 0 Å². The van der Waals surface area contributed by atoms with Crippen LogP contribution >= 0.6 is 0 Å². The number of aryl methyl sites for hydroxylation is 1. The van der Waals surface area contributed by atoms with Gasteiger partial charge >= 0.3 is 0 Å². The molecule has 0 fully saturated rings. The summed E-state index contributed by atoms with van der Waals surface area (Å²) in [5.74, 6) is 1.66. The average Bonchev–Trinajstić information content (AvgIpc) is 3.42. The van der Waals surface area contributed by atoms with Gasteiger partial charge in [-0.15, -0.1) is 0 Å². The predicted octanol–water partition coefficient (Wildman–Crippen LogP) is 5.57. The highest BCUT2D eigenvalue weighted by molar-refractivity contribution is 5.44. The van der Waals surface area contributed by atoms with E-state index >= 15 is 0 Å². The lowest BCUT2D eigenvalue weighted by Gasteiger charge is -2.35. The first-order valence-corrected chi connectivity index (χ1v) is 13.1. The Morgan fingerprint density at radius 2 is 1.59 bits per heavy atom. The lowest BCUT2D eigenvalue weighted by Crippen LogP contribution is -2.31. The second kappa shape index (κ2) is 11.1. The Morgan fingerprint density at radius 1 is 0.784 bits per heavy atom. The first-order valence-electron chi connectivity index (χ1n) is 13.1. The molecule has 0 saturated carbocycles. The molecule has 0 amide bonds. The maximum Gasteiger partial charge on any atom is 0.231 e. The summed E-state index contributed by atoms with van der Waals surface area (Å²) >= 11 is 0. The Kier molecular flexibility index (Phi) is 7.10. The number of aromatic nitrogens is 2. The maximum absolute atomic E-state index is 5.65. The molecule has 2 aromatic heterocycles. The van der Waals surface area contributed by atoms with Crippen molar-refractivity contribution in [3.8, 4) is 11.5 Å². The summed E-state index contributed by atoms with van der Waals surface area (Å²) in [7, 11) is 0. The Morgan fingerprint density at radius 3 is 2.49 bits per heavy atom. The number of nitrogens with one attached hydrogen (secondary N) is 1. The smallest absolute Gasteiger partial charge is 0.231 e. The summed E-state index contributed by atoms with van der Waals surface area (Å²) in [6.45, 7) is 3.56. The number of benzene rings is 2. The number of rotatable bonds is 9. The number of ether oxygens (including phenoxy) is 2. The molecule has 1 N–H and O–H groups in total. The zero-order valence-electron chi connectivity index (χ0n) is 21.0. The fraction of sp³-hybridized carbons (Fsp3) is 0.290. The number of pyridine rings is 2. The van der Waals surface area contributed by atoms with Crippen LogP contribution in [-0.2, 0) is 32.6 Å². The van der Waals surface area contributed by atoms with Crippen molar-refractivity contribution in [1.82, 2.24) is 20.2 Å². The number of fused-ring (bicyclic) bond motifs is 2. The fourth-order valence-electron chi connectivity index (χ4n) is 5.33. The molecule has 0 saturated heterocycles. The van der Waals surface area contributed by atoms with Crippen LogP contribution in [0.5, 0.6) is 11.5 Å².